The zero-order valence-corrected chi connectivity index (χ0v) is 47.5. The van der Waals surface area contributed by atoms with Gasteiger partial charge in [-0.2, -0.15) is 0 Å². The predicted octanol–water partition coefficient (Wildman–Crippen LogP) is 17.7. The van der Waals surface area contributed by atoms with Crippen LogP contribution in [0.4, 0.5) is 34.1 Å². The summed E-state index contributed by atoms with van der Waals surface area (Å²) in [6, 6.07) is 71.6. The third-order valence-electron chi connectivity index (χ3n) is 15.9. The highest BCUT2D eigenvalue weighted by Crippen LogP contribution is 2.40. The summed E-state index contributed by atoms with van der Waals surface area (Å²) in [5.74, 6) is -1.66. The van der Waals surface area contributed by atoms with Crippen LogP contribution in [0.15, 0.2) is 287 Å². The summed E-state index contributed by atoms with van der Waals surface area (Å²) in [4.78, 5) is 81.2. The van der Waals surface area contributed by atoms with Gasteiger partial charge in [0.2, 0.25) is 0 Å². The molecule has 0 radical (unpaired) electrons. The Labute approximate surface area is 512 Å². The Balaban J connectivity index is 0.826. The van der Waals surface area contributed by atoms with Crippen molar-refractivity contribution in [2.75, 3.05) is 14.7 Å². The number of fused-ring (bicyclic) bond motifs is 9. The molecule has 0 bridgehead atoms. The van der Waals surface area contributed by atoms with Gasteiger partial charge >= 0.3 is 0 Å². The molecule has 0 fully saturated rings. The third-order valence-corrected chi connectivity index (χ3v) is 15.9. The standard InChI is InChI=1S/C75H45N9O6/c85-73(82(49-16-4-1-5-17-49)52-28-31-61(79-43-52)55-34-37-76-67-58-22-10-13-25-64(58)88-70(55)67)46-40-47(74(86)83(50-18-6-2-7-19-50)53-29-32-62(80-44-53)56-35-38-77-68-59-23-11-14-26-65(59)89-71(56)68)42-48(41-46)75(87)84(51-20-8-3-9-21-51)54-30-33-63(81-45-54)57-36-39-78-69-60-24-12-15-27-66(60)90-72(57)69/h1-45H. The molecule has 15 heteroatoms. The van der Waals surface area contributed by atoms with E-state index in [2.05, 4.69) is 15.0 Å². The van der Waals surface area contributed by atoms with E-state index in [1.54, 1.807) is 55.4 Å². The summed E-state index contributed by atoms with van der Waals surface area (Å²) in [5.41, 5.74) is 12.7. The normalized spacial score (nSPS) is 11.5. The van der Waals surface area contributed by atoms with Crippen LogP contribution in [-0.4, -0.2) is 47.6 Å². The molecule has 15 nitrogen and oxygen atoms in total. The molecule has 0 aliphatic rings. The number of para-hydroxylation sites is 6. The number of rotatable bonds is 12. The van der Waals surface area contributed by atoms with Crippen LogP contribution in [0.1, 0.15) is 31.1 Å². The van der Waals surface area contributed by atoms with Crippen LogP contribution in [-0.2, 0) is 0 Å². The fourth-order valence-electron chi connectivity index (χ4n) is 11.7. The molecule has 0 N–H and O–H groups in total. The lowest BCUT2D eigenvalue weighted by Crippen LogP contribution is -2.31. The van der Waals surface area contributed by atoms with Gasteiger partial charge in [0, 0.05) is 85.2 Å². The highest BCUT2D eigenvalue weighted by Gasteiger charge is 2.30. The molecular weight excluding hydrogens is 1120 g/mol. The number of anilines is 6. The molecule has 3 amide bonds. The summed E-state index contributed by atoms with van der Waals surface area (Å²) < 4.78 is 19.0. The minimum atomic E-state index is -0.555. The van der Waals surface area contributed by atoms with Crippen molar-refractivity contribution in [1.29, 1.82) is 0 Å². The van der Waals surface area contributed by atoms with Crippen molar-refractivity contribution in [3.05, 3.63) is 290 Å². The zero-order valence-electron chi connectivity index (χ0n) is 47.5. The summed E-state index contributed by atoms with van der Waals surface area (Å²) in [6.45, 7) is 0. The van der Waals surface area contributed by atoms with Crippen LogP contribution < -0.4 is 14.7 Å². The zero-order chi connectivity index (χ0) is 60.2. The first kappa shape index (κ1) is 52.8. The van der Waals surface area contributed by atoms with Crippen LogP contribution >= 0.6 is 0 Å². The molecule has 90 heavy (non-hydrogen) atoms. The fourth-order valence-corrected chi connectivity index (χ4v) is 11.7. The number of pyridine rings is 6. The second kappa shape index (κ2) is 22.0. The van der Waals surface area contributed by atoms with E-state index in [4.69, 9.17) is 28.2 Å². The van der Waals surface area contributed by atoms with Crippen molar-refractivity contribution in [2.24, 2.45) is 0 Å². The molecule has 16 aromatic rings. The number of hydrogen-bond acceptors (Lipinski definition) is 12. The maximum atomic E-state index is 16.0. The first-order valence-corrected chi connectivity index (χ1v) is 28.9. The number of hydrogen-bond donors (Lipinski definition) is 0. The summed E-state index contributed by atoms with van der Waals surface area (Å²) in [6.07, 6.45) is 10.0. The highest BCUT2D eigenvalue weighted by atomic mass is 16.3. The Morgan fingerprint density at radius 3 is 0.833 bits per heavy atom. The van der Waals surface area contributed by atoms with Crippen molar-refractivity contribution in [3.8, 4) is 33.8 Å². The van der Waals surface area contributed by atoms with Crippen molar-refractivity contribution in [2.45, 2.75) is 0 Å². The molecule has 0 spiro atoms. The number of carbonyl (C=O) groups is 3. The van der Waals surface area contributed by atoms with Crippen molar-refractivity contribution in [3.63, 3.8) is 0 Å². The van der Waals surface area contributed by atoms with Gasteiger partial charge in [-0.25, -0.2) is 0 Å². The maximum absolute atomic E-state index is 16.0. The van der Waals surface area contributed by atoms with Gasteiger partial charge in [-0.05, 0) is 146 Å². The van der Waals surface area contributed by atoms with E-state index in [1.165, 1.54) is 32.9 Å². The molecule has 0 saturated heterocycles. The monoisotopic (exact) mass is 1170 g/mol. The van der Waals surface area contributed by atoms with Crippen LogP contribution in [0.5, 0.6) is 0 Å². The summed E-state index contributed by atoms with van der Waals surface area (Å²) >= 11 is 0. The number of aromatic nitrogens is 6. The Hall–Kier alpha value is -12.8. The SMILES string of the molecule is O=C(c1cc(C(=O)N(c2ccccc2)c2ccc(-c3ccnc4c3oc3ccccc34)nc2)cc(C(=O)N(c2ccccc2)c2ccc(-c3ccnc4c3oc3ccccc34)nc2)c1)N(c1ccccc1)c1ccc(-c2ccnc3c2oc2ccccc23)nc1. The van der Waals surface area contributed by atoms with Gasteiger partial charge in [-0.3, -0.25) is 59.0 Å². The van der Waals surface area contributed by atoms with Crippen LogP contribution in [0.3, 0.4) is 0 Å². The first-order chi connectivity index (χ1) is 44.4. The number of amides is 3. The number of nitrogens with zero attached hydrogens (tertiary/aromatic N) is 9. The molecule has 9 aromatic heterocycles. The van der Waals surface area contributed by atoms with Crippen LogP contribution in [0.2, 0.25) is 0 Å². The van der Waals surface area contributed by atoms with E-state index in [1.807, 2.05) is 200 Å². The summed E-state index contributed by atoms with van der Waals surface area (Å²) in [5, 5.41) is 2.64. The van der Waals surface area contributed by atoms with Crippen LogP contribution in [0.25, 0.3) is 100.0 Å². The van der Waals surface area contributed by atoms with Gasteiger partial charge in [0.25, 0.3) is 17.7 Å². The van der Waals surface area contributed by atoms with E-state index in [9.17, 15) is 0 Å². The fraction of sp³-hybridized carbons (Fsp3) is 0. The minimum absolute atomic E-state index is 0.0262. The van der Waals surface area contributed by atoms with E-state index >= 15 is 14.4 Å². The quantitative estimate of drug-likeness (QED) is 0.113. The van der Waals surface area contributed by atoms with Crippen molar-refractivity contribution < 1.29 is 27.6 Å². The van der Waals surface area contributed by atoms with Gasteiger partial charge in [0.1, 0.15) is 33.3 Å². The van der Waals surface area contributed by atoms with Gasteiger partial charge in [0.05, 0.1) is 52.7 Å². The molecule has 0 saturated carbocycles. The Bertz CT molecular complexity index is 4890. The lowest BCUT2D eigenvalue weighted by atomic mass is 10.0. The van der Waals surface area contributed by atoms with Crippen LogP contribution in [0, 0.1) is 0 Å². The topological polar surface area (TPSA) is 178 Å². The molecule has 426 valence electrons. The first-order valence-electron chi connectivity index (χ1n) is 28.9. The smallest absolute Gasteiger partial charge is 0.262 e. The molecule has 0 unspecified atom stereocenters. The van der Waals surface area contributed by atoms with Gasteiger partial charge in [0.15, 0.2) is 16.7 Å². The van der Waals surface area contributed by atoms with Gasteiger partial charge in [-0.1, -0.05) is 91.0 Å². The minimum Gasteiger partial charge on any atom is -0.454 e. The van der Waals surface area contributed by atoms with E-state index in [0.29, 0.717) is 101 Å². The molecule has 0 aliphatic carbocycles. The Morgan fingerprint density at radius 1 is 0.278 bits per heavy atom. The number of carbonyl (C=O) groups excluding carboxylic acids is 3. The van der Waals surface area contributed by atoms with Gasteiger partial charge in [-0.15, -0.1) is 0 Å². The molecule has 7 aromatic carbocycles. The molecular formula is C75H45N9O6. The third kappa shape index (κ3) is 9.21. The van der Waals surface area contributed by atoms with Gasteiger partial charge < -0.3 is 13.3 Å². The second-order valence-electron chi connectivity index (χ2n) is 21.3. The van der Waals surface area contributed by atoms with E-state index in [0.717, 1.165) is 32.8 Å². The Kier molecular flexibility index (Phi) is 12.9. The lowest BCUT2D eigenvalue weighted by Gasteiger charge is -2.26. The number of benzene rings is 7. The molecule has 0 aliphatic heterocycles. The molecule has 0 atom stereocenters. The molecule has 9 heterocycles. The molecule has 16 rings (SSSR count). The maximum Gasteiger partial charge on any atom is 0.262 e. The van der Waals surface area contributed by atoms with Crippen molar-refractivity contribution >= 4 is 118 Å². The van der Waals surface area contributed by atoms with E-state index < -0.39 is 17.7 Å². The van der Waals surface area contributed by atoms with E-state index in [-0.39, 0.29) is 16.7 Å². The Morgan fingerprint density at radius 2 is 0.556 bits per heavy atom. The largest absolute Gasteiger partial charge is 0.454 e. The average Bonchev–Trinajstić information content (AvgIpc) is 1.63. The summed E-state index contributed by atoms with van der Waals surface area (Å²) in [7, 11) is 0. The highest BCUT2D eigenvalue weighted by molar-refractivity contribution is 6.19. The average molecular weight is 1170 g/mol. The number of furan rings is 3. The van der Waals surface area contributed by atoms with Crippen molar-refractivity contribution in [1.82, 2.24) is 29.9 Å². The lowest BCUT2D eigenvalue weighted by molar-refractivity contribution is 0.0998. The predicted molar refractivity (Wildman–Crippen MR) is 349 cm³/mol. The second-order valence-corrected chi connectivity index (χ2v) is 21.3.